The van der Waals surface area contributed by atoms with E-state index in [1.165, 1.54) is 0 Å². The molecule has 0 bridgehead atoms. The second-order valence-corrected chi connectivity index (χ2v) is 6.01. The summed E-state index contributed by atoms with van der Waals surface area (Å²) in [7, 11) is 0. The Morgan fingerprint density at radius 1 is 1.16 bits per heavy atom. The SMILES string of the molecule is Cc1cc(C)c([N+](=O)[O-])c(-c2c[nH]c(-c3ccc(CCO)cc3)c2)n1. The van der Waals surface area contributed by atoms with Crippen LogP contribution in [0.25, 0.3) is 22.5 Å². The van der Waals surface area contributed by atoms with E-state index in [4.69, 9.17) is 5.11 Å². The van der Waals surface area contributed by atoms with Crippen molar-refractivity contribution >= 4 is 5.69 Å². The summed E-state index contributed by atoms with van der Waals surface area (Å²) in [4.78, 5) is 18.6. The lowest BCUT2D eigenvalue weighted by atomic mass is 10.1. The van der Waals surface area contributed by atoms with E-state index < -0.39 is 0 Å². The molecule has 2 heterocycles. The van der Waals surface area contributed by atoms with Crippen LogP contribution in [0.5, 0.6) is 0 Å². The third-order valence-corrected chi connectivity index (χ3v) is 4.12. The fourth-order valence-corrected chi connectivity index (χ4v) is 2.94. The second-order valence-electron chi connectivity index (χ2n) is 6.01. The summed E-state index contributed by atoms with van der Waals surface area (Å²) in [5.41, 5.74) is 5.34. The number of aliphatic hydroxyl groups is 1. The number of aromatic nitrogens is 2. The molecule has 6 heteroatoms. The molecule has 0 saturated carbocycles. The van der Waals surface area contributed by atoms with Crippen molar-refractivity contribution in [3.05, 3.63) is 69.5 Å². The van der Waals surface area contributed by atoms with Crippen molar-refractivity contribution in [3.8, 4) is 22.5 Å². The van der Waals surface area contributed by atoms with Crippen LogP contribution in [-0.2, 0) is 6.42 Å². The van der Waals surface area contributed by atoms with Crippen LogP contribution in [0.2, 0.25) is 0 Å². The maximum absolute atomic E-state index is 11.4. The molecule has 128 valence electrons. The molecule has 2 N–H and O–H groups in total. The Kier molecular flexibility index (Phi) is 4.63. The molecule has 0 aliphatic rings. The fraction of sp³-hybridized carbons (Fsp3) is 0.211. The maximum atomic E-state index is 11.4. The number of hydrogen-bond donors (Lipinski definition) is 2. The predicted octanol–water partition coefficient (Wildman–Crippen LogP) is 3.80. The number of rotatable bonds is 5. The van der Waals surface area contributed by atoms with E-state index in [9.17, 15) is 10.1 Å². The van der Waals surface area contributed by atoms with Gasteiger partial charge in [-0.2, -0.15) is 0 Å². The highest BCUT2D eigenvalue weighted by molar-refractivity contribution is 5.76. The molecular weight excluding hydrogens is 318 g/mol. The number of aliphatic hydroxyl groups excluding tert-OH is 1. The van der Waals surface area contributed by atoms with E-state index in [1.807, 2.05) is 37.3 Å². The molecule has 0 radical (unpaired) electrons. The Morgan fingerprint density at radius 2 is 1.88 bits per heavy atom. The van der Waals surface area contributed by atoms with E-state index in [0.29, 0.717) is 23.2 Å². The number of benzene rings is 1. The summed E-state index contributed by atoms with van der Waals surface area (Å²) < 4.78 is 0. The lowest BCUT2D eigenvalue weighted by Gasteiger charge is -2.04. The van der Waals surface area contributed by atoms with Crippen LogP contribution in [0.3, 0.4) is 0 Å². The summed E-state index contributed by atoms with van der Waals surface area (Å²) >= 11 is 0. The normalized spacial score (nSPS) is 10.8. The Labute approximate surface area is 145 Å². The molecule has 0 fully saturated rings. The van der Waals surface area contributed by atoms with E-state index in [1.54, 1.807) is 19.2 Å². The van der Waals surface area contributed by atoms with Gasteiger partial charge in [-0.15, -0.1) is 0 Å². The first-order chi connectivity index (χ1) is 12.0. The summed E-state index contributed by atoms with van der Waals surface area (Å²) in [6.07, 6.45) is 2.36. The van der Waals surface area contributed by atoms with Crippen LogP contribution >= 0.6 is 0 Å². The number of hydrogen-bond acceptors (Lipinski definition) is 4. The van der Waals surface area contributed by atoms with Crippen molar-refractivity contribution in [2.45, 2.75) is 20.3 Å². The van der Waals surface area contributed by atoms with E-state index in [0.717, 1.165) is 22.5 Å². The van der Waals surface area contributed by atoms with Crippen LogP contribution in [0.1, 0.15) is 16.8 Å². The topological polar surface area (TPSA) is 92.0 Å². The third-order valence-electron chi connectivity index (χ3n) is 4.12. The highest BCUT2D eigenvalue weighted by Crippen LogP contribution is 2.33. The van der Waals surface area contributed by atoms with Gasteiger partial charge in [-0.1, -0.05) is 24.3 Å². The van der Waals surface area contributed by atoms with Crippen LogP contribution < -0.4 is 0 Å². The number of aromatic amines is 1. The Morgan fingerprint density at radius 3 is 2.52 bits per heavy atom. The van der Waals surface area contributed by atoms with E-state index in [2.05, 4.69) is 9.97 Å². The first kappa shape index (κ1) is 16.9. The zero-order valence-electron chi connectivity index (χ0n) is 14.1. The molecule has 1 aromatic carbocycles. The first-order valence-electron chi connectivity index (χ1n) is 8.01. The first-order valence-corrected chi connectivity index (χ1v) is 8.01. The number of pyridine rings is 1. The predicted molar refractivity (Wildman–Crippen MR) is 96.4 cm³/mol. The number of H-pyrrole nitrogens is 1. The van der Waals surface area contributed by atoms with Gasteiger partial charge in [-0.25, -0.2) is 4.98 Å². The standard InChI is InChI=1S/C19H19N3O3/c1-12-9-13(2)21-18(19(12)22(24)25)16-10-17(20-11-16)15-5-3-14(4-6-15)7-8-23/h3-6,9-11,20,23H,7-8H2,1-2H3. The van der Waals surface area contributed by atoms with Crippen molar-refractivity contribution in [1.29, 1.82) is 0 Å². The van der Waals surface area contributed by atoms with Gasteiger partial charge in [0, 0.05) is 35.3 Å². The van der Waals surface area contributed by atoms with Crippen LogP contribution in [0.15, 0.2) is 42.6 Å². The van der Waals surface area contributed by atoms with Crippen molar-refractivity contribution in [2.75, 3.05) is 6.61 Å². The monoisotopic (exact) mass is 337 g/mol. The van der Waals surface area contributed by atoms with Gasteiger partial charge in [0.05, 0.1) is 4.92 Å². The van der Waals surface area contributed by atoms with Crippen molar-refractivity contribution in [3.63, 3.8) is 0 Å². The minimum atomic E-state index is -0.381. The molecular formula is C19H19N3O3. The Hall–Kier alpha value is -2.99. The van der Waals surface area contributed by atoms with Crippen molar-refractivity contribution in [1.82, 2.24) is 9.97 Å². The molecule has 0 atom stereocenters. The van der Waals surface area contributed by atoms with Gasteiger partial charge in [-0.3, -0.25) is 10.1 Å². The summed E-state index contributed by atoms with van der Waals surface area (Å²) in [6, 6.07) is 11.4. The Balaban J connectivity index is 2.01. The molecule has 3 aromatic rings. The van der Waals surface area contributed by atoms with Crippen molar-refractivity contribution < 1.29 is 10.0 Å². The average Bonchev–Trinajstić information content (AvgIpc) is 3.04. The van der Waals surface area contributed by atoms with Gasteiger partial charge < -0.3 is 10.1 Å². The smallest absolute Gasteiger partial charge is 0.298 e. The van der Waals surface area contributed by atoms with Gasteiger partial charge in [0.25, 0.3) is 5.69 Å². The van der Waals surface area contributed by atoms with Crippen LogP contribution in [-0.4, -0.2) is 26.6 Å². The number of nitrogens with one attached hydrogen (secondary N) is 1. The molecule has 2 aromatic heterocycles. The second kappa shape index (κ2) is 6.86. The lowest BCUT2D eigenvalue weighted by molar-refractivity contribution is -0.385. The van der Waals surface area contributed by atoms with Crippen LogP contribution in [0.4, 0.5) is 5.69 Å². The largest absolute Gasteiger partial charge is 0.396 e. The summed E-state index contributed by atoms with van der Waals surface area (Å²) in [5.74, 6) is 0. The molecule has 6 nitrogen and oxygen atoms in total. The molecule has 0 spiro atoms. The van der Waals surface area contributed by atoms with Crippen LogP contribution in [0, 0.1) is 24.0 Å². The minimum absolute atomic E-state index is 0.0365. The fourth-order valence-electron chi connectivity index (χ4n) is 2.94. The summed E-state index contributed by atoms with van der Waals surface area (Å²) in [5, 5.41) is 20.4. The summed E-state index contributed by atoms with van der Waals surface area (Å²) in [6.45, 7) is 3.67. The molecule has 0 aliphatic carbocycles. The van der Waals surface area contributed by atoms with Crippen molar-refractivity contribution in [2.24, 2.45) is 0 Å². The zero-order valence-corrected chi connectivity index (χ0v) is 14.1. The Bertz CT molecular complexity index is 914. The third kappa shape index (κ3) is 3.44. The minimum Gasteiger partial charge on any atom is -0.396 e. The number of nitro groups is 1. The number of nitrogens with zero attached hydrogens (tertiary/aromatic N) is 2. The van der Waals surface area contributed by atoms with Gasteiger partial charge in [-0.05, 0) is 43.5 Å². The highest BCUT2D eigenvalue weighted by Gasteiger charge is 2.22. The number of aryl methyl sites for hydroxylation is 2. The molecule has 0 unspecified atom stereocenters. The van der Waals surface area contributed by atoms with Gasteiger partial charge in [0.2, 0.25) is 0 Å². The molecule has 0 saturated heterocycles. The van der Waals surface area contributed by atoms with Gasteiger partial charge in [0.15, 0.2) is 0 Å². The van der Waals surface area contributed by atoms with E-state index in [-0.39, 0.29) is 17.2 Å². The average molecular weight is 337 g/mol. The molecule has 0 amide bonds. The quantitative estimate of drug-likeness (QED) is 0.547. The molecule has 0 aliphatic heterocycles. The zero-order chi connectivity index (χ0) is 18.0. The highest BCUT2D eigenvalue weighted by atomic mass is 16.6. The molecule has 25 heavy (non-hydrogen) atoms. The lowest BCUT2D eigenvalue weighted by Crippen LogP contribution is -1.99. The van der Waals surface area contributed by atoms with Gasteiger partial charge >= 0.3 is 0 Å². The van der Waals surface area contributed by atoms with Gasteiger partial charge in [0.1, 0.15) is 5.69 Å². The van der Waals surface area contributed by atoms with E-state index >= 15 is 0 Å². The molecule has 3 rings (SSSR count). The maximum Gasteiger partial charge on any atom is 0.298 e.